The molecule has 4 aromatic rings. The van der Waals surface area contributed by atoms with E-state index in [1.807, 2.05) is 24.3 Å². The average Bonchev–Trinajstić information content (AvgIpc) is 3.37. The van der Waals surface area contributed by atoms with Crippen molar-refractivity contribution in [3.8, 4) is 17.0 Å². The van der Waals surface area contributed by atoms with Crippen molar-refractivity contribution in [2.75, 3.05) is 25.0 Å². The van der Waals surface area contributed by atoms with E-state index in [1.165, 1.54) is 0 Å². The number of fused-ring (bicyclic) bond motifs is 2. The molecule has 7 nitrogen and oxygen atoms in total. The van der Waals surface area contributed by atoms with Gasteiger partial charge in [0.1, 0.15) is 17.1 Å². The predicted molar refractivity (Wildman–Crippen MR) is 127 cm³/mol. The highest BCUT2D eigenvalue weighted by molar-refractivity contribution is 5.86. The Labute approximate surface area is 187 Å². The summed E-state index contributed by atoms with van der Waals surface area (Å²) in [5, 5.41) is 10.5. The zero-order valence-electron chi connectivity index (χ0n) is 19.3. The fraction of sp³-hybridized carbons (Fsp3) is 0.400. The molecule has 1 aliphatic rings. The summed E-state index contributed by atoms with van der Waals surface area (Å²) in [5.41, 5.74) is 4.35. The molecule has 0 aliphatic carbocycles. The van der Waals surface area contributed by atoms with Gasteiger partial charge in [-0.25, -0.2) is 15.0 Å². The minimum absolute atomic E-state index is 0.133. The highest BCUT2D eigenvalue weighted by Gasteiger charge is 2.31. The van der Waals surface area contributed by atoms with Crippen molar-refractivity contribution >= 4 is 28.0 Å². The Bertz CT molecular complexity index is 1310. The molecule has 0 bridgehead atoms. The molecule has 1 fully saturated rings. The van der Waals surface area contributed by atoms with E-state index in [-0.39, 0.29) is 11.3 Å². The second-order valence-corrected chi connectivity index (χ2v) is 9.64. The van der Waals surface area contributed by atoms with Gasteiger partial charge >= 0.3 is 0 Å². The Morgan fingerprint density at radius 2 is 1.78 bits per heavy atom. The summed E-state index contributed by atoms with van der Waals surface area (Å²) in [4.78, 5) is 18.7. The number of hydrogen-bond acceptors (Lipinski definition) is 7. The molecule has 0 spiro atoms. The molecule has 0 saturated carbocycles. The van der Waals surface area contributed by atoms with Crippen LogP contribution in [-0.4, -0.2) is 56.7 Å². The lowest BCUT2D eigenvalue weighted by atomic mass is 10.0. The van der Waals surface area contributed by atoms with E-state index < -0.39 is 0 Å². The van der Waals surface area contributed by atoms with Gasteiger partial charge in [0.2, 0.25) is 0 Å². The minimum Gasteiger partial charge on any atom is -0.507 e. The molecule has 32 heavy (non-hydrogen) atoms. The Morgan fingerprint density at radius 1 is 1.03 bits per heavy atom. The van der Waals surface area contributed by atoms with Gasteiger partial charge in [-0.1, -0.05) is 0 Å². The molecule has 1 atom stereocenters. The second kappa shape index (κ2) is 7.45. The quantitative estimate of drug-likeness (QED) is 0.501. The molecule has 7 heteroatoms. The normalized spacial score (nSPS) is 17.2. The summed E-state index contributed by atoms with van der Waals surface area (Å²) >= 11 is 0. The molecule has 166 valence electrons. The smallest absolute Gasteiger partial charge is 0.192 e. The van der Waals surface area contributed by atoms with Crippen LogP contribution in [-0.2, 0) is 0 Å². The van der Waals surface area contributed by atoms with Gasteiger partial charge in [0.15, 0.2) is 11.5 Å². The number of nitrogens with zero attached hydrogens (tertiary/aromatic N) is 5. The summed E-state index contributed by atoms with van der Waals surface area (Å²) < 4.78 is 5.62. The molecule has 1 aliphatic heterocycles. The lowest BCUT2D eigenvalue weighted by Crippen LogP contribution is -2.46. The number of pyridine rings is 2. The Morgan fingerprint density at radius 3 is 2.56 bits per heavy atom. The zero-order valence-corrected chi connectivity index (χ0v) is 19.3. The van der Waals surface area contributed by atoms with Gasteiger partial charge in [0.05, 0.1) is 16.7 Å². The lowest BCUT2D eigenvalue weighted by Gasteiger charge is -2.36. The van der Waals surface area contributed by atoms with Gasteiger partial charge in [-0.05, 0) is 64.6 Å². The molecule has 0 radical (unpaired) electrons. The van der Waals surface area contributed by atoms with E-state index in [2.05, 4.69) is 42.6 Å². The van der Waals surface area contributed by atoms with Crippen LogP contribution in [0, 0.1) is 6.92 Å². The standard InChI is InChI=1S/C25H29N5O2/c1-15-26-21-13-22(31)17(12-23(21)32-15)18-6-7-20-19(27-18)8-9-24(28-20)30-11-10-16(14-30)29(5)25(2,3)4/h6-9,12-13,16,31H,10-11,14H2,1-5H3. The van der Waals surface area contributed by atoms with Gasteiger partial charge in [0.25, 0.3) is 0 Å². The number of hydrogen-bond donors (Lipinski definition) is 1. The third kappa shape index (κ3) is 3.66. The second-order valence-electron chi connectivity index (χ2n) is 9.64. The molecular weight excluding hydrogens is 402 g/mol. The maximum absolute atomic E-state index is 10.5. The molecule has 4 heterocycles. The van der Waals surface area contributed by atoms with E-state index >= 15 is 0 Å². The number of aryl methyl sites for hydroxylation is 1. The summed E-state index contributed by atoms with van der Waals surface area (Å²) in [6.07, 6.45) is 1.13. The minimum atomic E-state index is 0.133. The zero-order chi connectivity index (χ0) is 22.6. The first-order valence-electron chi connectivity index (χ1n) is 11.1. The van der Waals surface area contributed by atoms with Crippen molar-refractivity contribution in [3.63, 3.8) is 0 Å². The van der Waals surface area contributed by atoms with Crippen LogP contribution in [0.3, 0.4) is 0 Å². The molecule has 1 aromatic carbocycles. The van der Waals surface area contributed by atoms with Crippen LogP contribution in [0.4, 0.5) is 5.82 Å². The number of rotatable bonds is 3. The van der Waals surface area contributed by atoms with Gasteiger partial charge < -0.3 is 14.4 Å². The van der Waals surface area contributed by atoms with Crippen LogP contribution in [0.2, 0.25) is 0 Å². The highest BCUT2D eigenvalue weighted by Crippen LogP contribution is 2.34. The first kappa shape index (κ1) is 20.7. The van der Waals surface area contributed by atoms with E-state index in [9.17, 15) is 5.11 Å². The Hall–Kier alpha value is -3.19. The van der Waals surface area contributed by atoms with E-state index in [1.54, 1.807) is 19.1 Å². The van der Waals surface area contributed by atoms with Gasteiger partial charge in [0, 0.05) is 43.2 Å². The number of anilines is 1. The summed E-state index contributed by atoms with van der Waals surface area (Å²) in [5.74, 6) is 1.68. The molecule has 5 rings (SSSR count). The fourth-order valence-corrected chi connectivity index (χ4v) is 4.42. The number of aromatic hydroxyl groups is 1. The van der Waals surface area contributed by atoms with Crippen LogP contribution in [0.15, 0.2) is 40.8 Å². The maximum Gasteiger partial charge on any atom is 0.192 e. The lowest BCUT2D eigenvalue weighted by molar-refractivity contribution is 0.127. The van der Waals surface area contributed by atoms with Gasteiger partial charge in [-0.15, -0.1) is 0 Å². The van der Waals surface area contributed by atoms with Crippen LogP contribution >= 0.6 is 0 Å². The van der Waals surface area contributed by atoms with Crippen molar-refractivity contribution in [2.45, 2.75) is 45.7 Å². The topological polar surface area (TPSA) is 78.5 Å². The molecule has 0 amide bonds. The molecule has 1 unspecified atom stereocenters. The molecule has 1 N–H and O–H groups in total. The molecule has 3 aromatic heterocycles. The summed E-state index contributed by atoms with van der Waals surface area (Å²) in [6, 6.07) is 11.8. The van der Waals surface area contributed by atoms with Gasteiger partial charge in [-0.3, -0.25) is 4.90 Å². The fourth-order valence-electron chi connectivity index (χ4n) is 4.42. The van der Waals surface area contributed by atoms with Gasteiger partial charge in [-0.2, -0.15) is 0 Å². The SMILES string of the molecule is Cc1nc2cc(O)c(-c3ccc4nc(N5CCC(N(C)C(C)(C)C)C5)ccc4n3)cc2o1. The average molecular weight is 432 g/mol. The number of oxazole rings is 1. The van der Waals surface area contributed by atoms with Crippen LogP contribution < -0.4 is 4.90 Å². The predicted octanol–water partition coefficient (Wildman–Crippen LogP) is 4.76. The van der Waals surface area contributed by atoms with Crippen molar-refractivity contribution in [3.05, 3.63) is 42.3 Å². The van der Waals surface area contributed by atoms with Crippen molar-refractivity contribution in [2.24, 2.45) is 0 Å². The van der Waals surface area contributed by atoms with E-state index in [0.717, 1.165) is 36.4 Å². The van der Waals surface area contributed by atoms with Crippen molar-refractivity contribution < 1.29 is 9.52 Å². The number of aromatic nitrogens is 3. The van der Waals surface area contributed by atoms with E-state index in [4.69, 9.17) is 14.4 Å². The first-order valence-corrected chi connectivity index (χ1v) is 11.1. The largest absolute Gasteiger partial charge is 0.507 e. The van der Waals surface area contributed by atoms with E-state index in [0.29, 0.717) is 34.3 Å². The number of phenolic OH excluding ortho intramolecular Hbond substituents is 1. The first-order chi connectivity index (χ1) is 15.2. The van der Waals surface area contributed by atoms with Crippen molar-refractivity contribution in [1.29, 1.82) is 0 Å². The summed E-state index contributed by atoms with van der Waals surface area (Å²) in [6.45, 7) is 10.5. The Balaban J connectivity index is 1.43. The van der Waals surface area contributed by atoms with Crippen LogP contribution in [0.1, 0.15) is 33.1 Å². The monoisotopic (exact) mass is 431 g/mol. The van der Waals surface area contributed by atoms with Crippen LogP contribution in [0.5, 0.6) is 5.75 Å². The highest BCUT2D eigenvalue weighted by atomic mass is 16.3. The summed E-state index contributed by atoms with van der Waals surface area (Å²) in [7, 11) is 2.21. The number of likely N-dealkylation sites (N-methyl/N-ethyl adjacent to an activating group) is 1. The third-order valence-electron chi connectivity index (χ3n) is 6.51. The molecule has 1 saturated heterocycles. The third-order valence-corrected chi connectivity index (χ3v) is 6.51. The number of phenols is 1. The van der Waals surface area contributed by atoms with Crippen molar-refractivity contribution in [1.82, 2.24) is 19.9 Å². The Kier molecular flexibility index (Phi) is 4.82. The van der Waals surface area contributed by atoms with Crippen LogP contribution in [0.25, 0.3) is 33.4 Å². The molecular formula is C25H29N5O2. The maximum atomic E-state index is 10.5. The number of benzene rings is 1.